The molecule has 112 valence electrons. The van der Waals surface area contributed by atoms with E-state index in [4.69, 9.17) is 17.3 Å². The zero-order valence-electron chi connectivity index (χ0n) is 11.6. The summed E-state index contributed by atoms with van der Waals surface area (Å²) in [5, 5.41) is 3.80. The van der Waals surface area contributed by atoms with Crippen LogP contribution in [0, 0.1) is 5.92 Å². The summed E-state index contributed by atoms with van der Waals surface area (Å²) in [6.45, 7) is 0.991. The molecule has 1 saturated heterocycles. The molecule has 1 aromatic carbocycles. The number of amides is 3. The molecule has 0 spiro atoms. The van der Waals surface area contributed by atoms with Crippen LogP contribution in [-0.2, 0) is 11.2 Å². The Balaban J connectivity index is 1.65. The highest BCUT2D eigenvalue weighted by Crippen LogP contribution is 2.35. The molecule has 1 aliphatic heterocycles. The minimum Gasteiger partial charge on any atom is -0.369 e. The molecule has 2 unspecified atom stereocenters. The largest absolute Gasteiger partial charge is 0.369 e. The van der Waals surface area contributed by atoms with Gasteiger partial charge in [-0.3, -0.25) is 4.79 Å². The predicted molar refractivity (Wildman–Crippen MR) is 79.9 cm³/mol. The van der Waals surface area contributed by atoms with E-state index in [0.717, 1.165) is 29.0 Å². The molecule has 0 radical (unpaired) electrons. The molecular formula is C15H18ClN3O2. The highest BCUT2D eigenvalue weighted by molar-refractivity contribution is 6.31. The summed E-state index contributed by atoms with van der Waals surface area (Å²) < 4.78 is 0. The third-order valence-electron chi connectivity index (χ3n) is 4.39. The summed E-state index contributed by atoms with van der Waals surface area (Å²) in [6, 6.07) is 5.66. The summed E-state index contributed by atoms with van der Waals surface area (Å²) in [5.41, 5.74) is 7.52. The minimum atomic E-state index is -0.330. The lowest BCUT2D eigenvalue weighted by molar-refractivity contribution is -0.121. The van der Waals surface area contributed by atoms with Crippen molar-refractivity contribution >= 4 is 23.5 Å². The van der Waals surface area contributed by atoms with Gasteiger partial charge in [0.1, 0.15) is 0 Å². The molecule has 1 aliphatic carbocycles. The molecule has 1 fully saturated rings. The molecule has 5 nitrogen and oxygen atoms in total. The number of hydrogen-bond acceptors (Lipinski definition) is 2. The maximum atomic E-state index is 12.3. The number of halogens is 1. The minimum absolute atomic E-state index is 0.00109. The number of carbonyl (C=O) groups excluding carboxylic acids is 2. The van der Waals surface area contributed by atoms with Crippen LogP contribution in [0.5, 0.6) is 0 Å². The van der Waals surface area contributed by atoms with Gasteiger partial charge in [0.05, 0.1) is 12.0 Å². The van der Waals surface area contributed by atoms with Crippen molar-refractivity contribution in [1.82, 2.24) is 10.2 Å². The van der Waals surface area contributed by atoms with Crippen molar-refractivity contribution in [3.8, 4) is 0 Å². The molecule has 3 N–H and O–H groups in total. The maximum absolute atomic E-state index is 12.3. The fraction of sp³-hybridized carbons (Fsp3) is 0.467. The van der Waals surface area contributed by atoms with Crippen molar-refractivity contribution in [3.63, 3.8) is 0 Å². The molecular weight excluding hydrogens is 290 g/mol. The molecule has 21 heavy (non-hydrogen) atoms. The second-order valence-corrected chi connectivity index (χ2v) is 6.09. The van der Waals surface area contributed by atoms with Gasteiger partial charge in [-0.05, 0) is 36.5 Å². The fourth-order valence-electron chi connectivity index (χ4n) is 3.18. The molecule has 3 amide bonds. The normalized spacial score (nSPS) is 24.0. The van der Waals surface area contributed by atoms with Crippen LogP contribution in [0.2, 0.25) is 5.02 Å². The van der Waals surface area contributed by atoms with Gasteiger partial charge in [0, 0.05) is 18.1 Å². The second-order valence-electron chi connectivity index (χ2n) is 5.68. The smallest absolute Gasteiger partial charge is 0.317 e. The van der Waals surface area contributed by atoms with Gasteiger partial charge in [-0.1, -0.05) is 23.7 Å². The molecule has 0 bridgehead atoms. The molecule has 0 aromatic heterocycles. The average Bonchev–Trinajstić information content (AvgIpc) is 3.07. The van der Waals surface area contributed by atoms with Crippen molar-refractivity contribution in [2.24, 2.45) is 11.7 Å². The Morgan fingerprint density at radius 2 is 2.14 bits per heavy atom. The SMILES string of the molecule is NC(=O)C1CCN(C(=O)NC2CCc3c(Cl)cccc32)C1. The van der Waals surface area contributed by atoms with Gasteiger partial charge < -0.3 is 16.0 Å². The number of nitrogens with zero attached hydrogens (tertiary/aromatic N) is 1. The van der Waals surface area contributed by atoms with Crippen molar-refractivity contribution in [3.05, 3.63) is 34.3 Å². The highest BCUT2D eigenvalue weighted by Gasteiger charge is 2.32. The Hall–Kier alpha value is -1.75. The average molecular weight is 308 g/mol. The van der Waals surface area contributed by atoms with E-state index >= 15 is 0 Å². The number of primary amides is 1. The Labute approximate surface area is 128 Å². The van der Waals surface area contributed by atoms with Gasteiger partial charge in [-0.25, -0.2) is 4.79 Å². The van der Waals surface area contributed by atoms with E-state index in [1.54, 1.807) is 4.90 Å². The summed E-state index contributed by atoms with van der Waals surface area (Å²) in [7, 11) is 0. The Morgan fingerprint density at radius 1 is 1.33 bits per heavy atom. The van der Waals surface area contributed by atoms with E-state index < -0.39 is 0 Å². The molecule has 1 heterocycles. The number of carbonyl (C=O) groups is 2. The Morgan fingerprint density at radius 3 is 2.86 bits per heavy atom. The van der Waals surface area contributed by atoms with Crippen LogP contribution in [0.1, 0.15) is 30.0 Å². The van der Waals surface area contributed by atoms with Gasteiger partial charge in [0.25, 0.3) is 0 Å². The Kier molecular flexibility index (Phi) is 3.76. The summed E-state index contributed by atoms with van der Waals surface area (Å²) in [6.07, 6.45) is 2.39. The van der Waals surface area contributed by atoms with Crippen LogP contribution in [0.25, 0.3) is 0 Å². The van der Waals surface area contributed by atoms with E-state index in [1.807, 2.05) is 18.2 Å². The number of nitrogens with two attached hydrogens (primary N) is 1. The van der Waals surface area contributed by atoms with Crippen molar-refractivity contribution in [2.75, 3.05) is 13.1 Å². The predicted octanol–water partition coefficient (Wildman–Crippen LogP) is 1.84. The maximum Gasteiger partial charge on any atom is 0.317 e. The van der Waals surface area contributed by atoms with Crippen LogP contribution < -0.4 is 11.1 Å². The first-order chi connectivity index (χ1) is 10.1. The molecule has 2 aliphatic rings. The van der Waals surface area contributed by atoms with Gasteiger partial charge in [0.15, 0.2) is 0 Å². The van der Waals surface area contributed by atoms with Crippen molar-refractivity contribution in [1.29, 1.82) is 0 Å². The van der Waals surface area contributed by atoms with Gasteiger partial charge in [-0.2, -0.15) is 0 Å². The molecule has 2 atom stereocenters. The van der Waals surface area contributed by atoms with E-state index in [-0.39, 0.29) is 23.9 Å². The highest BCUT2D eigenvalue weighted by atomic mass is 35.5. The van der Waals surface area contributed by atoms with Gasteiger partial charge in [0.2, 0.25) is 5.91 Å². The lowest BCUT2D eigenvalue weighted by Gasteiger charge is -2.21. The monoisotopic (exact) mass is 307 g/mol. The summed E-state index contributed by atoms with van der Waals surface area (Å²) in [4.78, 5) is 25.1. The molecule has 0 saturated carbocycles. The van der Waals surface area contributed by atoms with Crippen LogP contribution in [0.15, 0.2) is 18.2 Å². The third kappa shape index (κ3) is 2.70. The number of likely N-dealkylation sites (tertiary alicyclic amines) is 1. The topological polar surface area (TPSA) is 75.4 Å². The van der Waals surface area contributed by atoms with Crippen molar-refractivity contribution in [2.45, 2.75) is 25.3 Å². The van der Waals surface area contributed by atoms with E-state index in [1.165, 1.54) is 0 Å². The molecule has 1 aromatic rings. The quantitative estimate of drug-likeness (QED) is 0.875. The van der Waals surface area contributed by atoms with E-state index in [2.05, 4.69) is 5.32 Å². The van der Waals surface area contributed by atoms with E-state index in [0.29, 0.717) is 19.5 Å². The molecule has 6 heteroatoms. The Bertz CT molecular complexity index is 590. The fourth-order valence-corrected chi connectivity index (χ4v) is 3.45. The van der Waals surface area contributed by atoms with Crippen molar-refractivity contribution < 1.29 is 9.59 Å². The van der Waals surface area contributed by atoms with Crippen LogP contribution in [0.3, 0.4) is 0 Å². The number of fused-ring (bicyclic) bond motifs is 1. The zero-order chi connectivity index (χ0) is 15.0. The number of benzene rings is 1. The van der Waals surface area contributed by atoms with Gasteiger partial charge in [-0.15, -0.1) is 0 Å². The number of urea groups is 1. The van der Waals surface area contributed by atoms with Crippen LogP contribution in [-0.4, -0.2) is 29.9 Å². The first-order valence-electron chi connectivity index (χ1n) is 7.18. The van der Waals surface area contributed by atoms with Crippen LogP contribution in [0.4, 0.5) is 4.79 Å². The number of hydrogen-bond donors (Lipinski definition) is 2. The van der Waals surface area contributed by atoms with Gasteiger partial charge >= 0.3 is 6.03 Å². The lowest BCUT2D eigenvalue weighted by Crippen LogP contribution is -2.40. The van der Waals surface area contributed by atoms with Crippen LogP contribution >= 0.6 is 11.6 Å². The first-order valence-corrected chi connectivity index (χ1v) is 7.56. The van der Waals surface area contributed by atoms with E-state index in [9.17, 15) is 9.59 Å². The molecule has 3 rings (SSSR count). The number of rotatable bonds is 2. The third-order valence-corrected chi connectivity index (χ3v) is 4.74. The number of nitrogens with one attached hydrogen (secondary N) is 1. The lowest BCUT2D eigenvalue weighted by atomic mass is 10.1. The summed E-state index contributed by atoms with van der Waals surface area (Å²) in [5.74, 6) is -0.552. The standard InChI is InChI=1S/C15H18ClN3O2/c16-12-3-1-2-11-10(12)4-5-13(11)18-15(21)19-7-6-9(8-19)14(17)20/h1-3,9,13H,4-8H2,(H2,17,20)(H,18,21). The summed E-state index contributed by atoms with van der Waals surface area (Å²) >= 11 is 6.18. The second kappa shape index (κ2) is 5.56. The zero-order valence-corrected chi connectivity index (χ0v) is 12.4. The first kappa shape index (κ1) is 14.2.